The van der Waals surface area contributed by atoms with Crippen LogP contribution in [0.3, 0.4) is 0 Å². The summed E-state index contributed by atoms with van der Waals surface area (Å²) in [6.07, 6.45) is 1.42. The Morgan fingerprint density at radius 3 is 2.09 bits per heavy atom. The molecule has 1 aliphatic rings. The van der Waals surface area contributed by atoms with Crippen molar-refractivity contribution in [1.82, 2.24) is 0 Å². The van der Waals surface area contributed by atoms with Crippen molar-refractivity contribution >= 4 is 29.0 Å². The maximum atomic E-state index is 14.1. The summed E-state index contributed by atoms with van der Waals surface area (Å²) in [6, 6.07) is 25.8. The van der Waals surface area contributed by atoms with Gasteiger partial charge in [-0.1, -0.05) is 92.2 Å². The fourth-order valence-corrected chi connectivity index (χ4v) is 3.68. The van der Waals surface area contributed by atoms with Crippen molar-refractivity contribution in [3.63, 3.8) is 0 Å². The van der Waals surface area contributed by atoms with E-state index in [0.29, 0.717) is 23.2 Å². The van der Waals surface area contributed by atoms with Crippen molar-refractivity contribution < 1.29 is 23.9 Å². The van der Waals surface area contributed by atoms with Crippen molar-refractivity contribution in [3.8, 4) is 0 Å². The largest absolute Gasteiger partial charge is 0.421 e. The van der Waals surface area contributed by atoms with Crippen LogP contribution in [-0.2, 0) is 19.1 Å². The lowest BCUT2D eigenvalue weighted by atomic mass is 9.88. The number of carbonyl (C=O) groups is 3. The van der Waals surface area contributed by atoms with Gasteiger partial charge in [-0.3, -0.25) is 9.59 Å². The smallest absolute Gasteiger partial charge is 0.373 e. The van der Waals surface area contributed by atoms with Crippen LogP contribution in [0.1, 0.15) is 35.7 Å². The van der Waals surface area contributed by atoms with Gasteiger partial charge in [0, 0.05) is 16.8 Å². The second kappa shape index (κ2) is 10.3. The summed E-state index contributed by atoms with van der Waals surface area (Å²) >= 11 is 0. The van der Waals surface area contributed by atoms with E-state index in [1.54, 1.807) is 84.9 Å². The van der Waals surface area contributed by atoms with Gasteiger partial charge >= 0.3 is 11.7 Å². The average molecular weight is 456 g/mol. The van der Waals surface area contributed by atoms with E-state index in [0.717, 1.165) is 6.42 Å². The van der Waals surface area contributed by atoms with Crippen molar-refractivity contribution in [2.24, 2.45) is 0 Å². The molecule has 0 spiro atoms. The van der Waals surface area contributed by atoms with Gasteiger partial charge in [0.05, 0.1) is 6.61 Å². The molecule has 0 aromatic heterocycles. The monoisotopic (exact) mass is 455 g/mol. The second-order valence-corrected chi connectivity index (χ2v) is 7.86. The topological polar surface area (TPSA) is 81.7 Å². The van der Waals surface area contributed by atoms with E-state index in [1.165, 1.54) is 0 Å². The lowest BCUT2D eigenvalue weighted by Gasteiger charge is -2.36. The first-order chi connectivity index (χ1) is 16.6. The highest BCUT2D eigenvalue weighted by atomic mass is 16.6. The summed E-state index contributed by atoms with van der Waals surface area (Å²) in [5.74, 6) is -2.32. The molecule has 1 aliphatic heterocycles. The van der Waals surface area contributed by atoms with Gasteiger partial charge in [-0.25, -0.2) is 4.79 Å². The van der Waals surface area contributed by atoms with Crippen molar-refractivity contribution in [2.75, 3.05) is 11.9 Å². The number of esters is 1. The van der Waals surface area contributed by atoms with Gasteiger partial charge in [0.15, 0.2) is 5.76 Å². The molecule has 1 N–H and O–H groups in total. The molecule has 1 atom stereocenters. The van der Waals surface area contributed by atoms with Gasteiger partial charge in [-0.2, -0.15) is 0 Å². The minimum Gasteiger partial charge on any atom is -0.421 e. The number of para-hydroxylation sites is 1. The highest BCUT2D eigenvalue weighted by Gasteiger charge is 2.56. The van der Waals surface area contributed by atoms with Gasteiger partial charge < -0.3 is 14.8 Å². The van der Waals surface area contributed by atoms with Crippen molar-refractivity contribution in [2.45, 2.75) is 25.5 Å². The Labute approximate surface area is 198 Å². The number of carbonyl (C=O) groups excluding carboxylic acids is 3. The normalized spacial score (nSPS) is 17.9. The molecule has 0 aliphatic carbocycles. The molecular weight excluding hydrogens is 430 g/mol. The molecule has 172 valence electrons. The molecule has 0 fully saturated rings. The number of nitrogens with one attached hydrogen (secondary N) is 1. The molecule has 3 aromatic rings. The Bertz CT molecular complexity index is 1210. The second-order valence-electron chi connectivity index (χ2n) is 7.86. The zero-order chi connectivity index (χ0) is 24.0. The van der Waals surface area contributed by atoms with Crippen LogP contribution >= 0.6 is 0 Å². The number of benzene rings is 3. The third-order valence-electron chi connectivity index (χ3n) is 5.47. The number of ketones is 2. The highest BCUT2D eigenvalue weighted by Crippen LogP contribution is 2.36. The van der Waals surface area contributed by atoms with Gasteiger partial charge in [0.2, 0.25) is 11.6 Å². The van der Waals surface area contributed by atoms with Gasteiger partial charge in [-0.05, 0) is 18.6 Å². The van der Waals surface area contributed by atoms with Crippen LogP contribution in [0.4, 0.5) is 5.69 Å². The van der Waals surface area contributed by atoms with E-state index in [-0.39, 0.29) is 17.9 Å². The fraction of sp³-hybridized carbons (Fsp3) is 0.179. The maximum absolute atomic E-state index is 14.1. The molecule has 34 heavy (non-hydrogen) atoms. The molecular formula is C28H25NO5. The van der Waals surface area contributed by atoms with Crippen LogP contribution < -0.4 is 5.32 Å². The lowest BCUT2D eigenvalue weighted by Crippen LogP contribution is -2.60. The lowest BCUT2D eigenvalue weighted by molar-refractivity contribution is -0.168. The summed E-state index contributed by atoms with van der Waals surface area (Å²) in [5, 5.41) is 2.93. The molecule has 3 aromatic carbocycles. The van der Waals surface area contributed by atoms with Crippen LogP contribution in [0.5, 0.6) is 0 Å². The van der Waals surface area contributed by atoms with E-state index in [2.05, 4.69) is 5.32 Å². The Morgan fingerprint density at radius 1 is 0.882 bits per heavy atom. The number of ether oxygens (including phenoxy) is 2. The summed E-state index contributed by atoms with van der Waals surface area (Å²) < 4.78 is 11.6. The number of hydrogen-bond donors (Lipinski definition) is 1. The van der Waals surface area contributed by atoms with Gasteiger partial charge in [0.1, 0.15) is 5.57 Å². The Morgan fingerprint density at radius 2 is 1.47 bits per heavy atom. The van der Waals surface area contributed by atoms with E-state index >= 15 is 0 Å². The first kappa shape index (κ1) is 23.1. The predicted molar refractivity (Wildman–Crippen MR) is 129 cm³/mol. The Balaban J connectivity index is 1.88. The van der Waals surface area contributed by atoms with Crippen molar-refractivity contribution in [3.05, 3.63) is 108 Å². The highest BCUT2D eigenvalue weighted by molar-refractivity contribution is 6.37. The van der Waals surface area contributed by atoms with Crippen LogP contribution in [0.2, 0.25) is 0 Å². The molecule has 0 bridgehead atoms. The Hall–Kier alpha value is -4.03. The number of cyclic esters (lactones) is 1. The molecule has 1 unspecified atom stereocenters. The fourth-order valence-electron chi connectivity index (χ4n) is 3.68. The zero-order valence-electron chi connectivity index (χ0n) is 18.8. The first-order valence-corrected chi connectivity index (χ1v) is 11.2. The summed E-state index contributed by atoms with van der Waals surface area (Å²) in [4.78, 5) is 41.1. The van der Waals surface area contributed by atoms with Crippen LogP contribution in [0.25, 0.3) is 5.76 Å². The van der Waals surface area contributed by atoms with E-state index < -0.39 is 23.3 Å². The molecule has 6 nitrogen and oxygen atoms in total. The summed E-state index contributed by atoms with van der Waals surface area (Å²) in [5.41, 5.74) is -1.19. The van der Waals surface area contributed by atoms with Crippen LogP contribution in [0.15, 0.2) is 96.6 Å². The van der Waals surface area contributed by atoms with Crippen molar-refractivity contribution in [1.29, 1.82) is 0 Å². The molecule has 6 heteroatoms. The number of rotatable bonds is 9. The third kappa shape index (κ3) is 4.54. The van der Waals surface area contributed by atoms with E-state index in [1.807, 2.05) is 13.0 Å². The number of unbranched alkanes of at least 4 members (excludes halogenated alkanes) is 1. The van der Waals surface area contributed by atoms with Crippen LogP contribution in [-0.4, -0.2) is 29.9 Å². The maximum Gasteiger partial charge on any atom is 0.373 e. The molecule has 4 rings (SSSR count). The van der Waals surface area contributed by atoms with Crippen LogP contribution in [0, 0.1) is 0 Å². The molecule has 0 radical (unpaired) electrons. The summed E-state index contributed by atoms with van der Waals surface area (Å²) in [7, 11) is 0. The van der Waals surface area contributed by atoms with Gasteiger partial charge in [0.25, 0.3) is 0 Å². The molecule has 0 saturated heterocycles. The van der Waals surface area contributed by atoms with E-state index in [9.17, 15) is 14.4 Å². The molecule has 0 amide bonds. The number of Topliss-reactive ketones (excluding diaryl/α,β-unsaturated/α-hetero) is 2. The predicted octanol–water partition coefficient (Wildman–Crippen LogP) is 5.03. The SMILES string of the molecule is CCCCOC1(Nc2ccccc2)C(=O)OC(c2ccccc2)=C(C(=O)c2ccccc2)C1=O. The number of anilines is 1. The number of hydrogen-bond acceptors (Lipinski definition) is 6. The first-order valence-electron chi connectivity index (χ1n) is 11.2. The quantitative estimate of drug-likeness (QED) is 0.122. The average Bonchev–Trinajstić information content (AvgIpc) is 2.88. The minimum atomic E-state index is -2.19. The molecule has 1 heterocycles. The summed E-state index contributed by atoms with van der Waals surface area (Å²) in [6.45, 7) is 2.10. The molecule has 0 saturated carbocycles. The third-order valence-corrected chi connectivity index (χ3v) is 5.47. The van der Waals surface area contributed by atoms with E-state index in [4.69, 9.17) is 9.47 Å². The minimum absolute atomic E-state index is 0.0750. The van der Waals surface area contributed by atoms with Gasteiger partial charge in [-0.15, -0.1) is 0 Å². The standard InChI is InChI=1S/C28H25NO5/c1-2-3-19-33-28(29-22-17-11-6-12-18-22)26(31)23(24(30)20-13-7-4-8-14-20)25(34-27(28)32)21-15-9-5-10-16-21/h4-18,29H,2-3,19H2,1H3. The zero-order valence-corrected chi connectivity index (χ0v) is 18.8. The Kier molecular flexibility index (Phi) is 6.99.